The van der Waals surface area contributed by atoms with E-state index in [4.69, 9.17) is 4.74 Å². The van der Waals surface area contributed by atoms with E-state index < -0.39 is 0 Å². The fourth-order valence-corrected chi connectivity index (χ4v) is 2.52. The number of benzene rings is 2. The van der Waals surface area contributed by atoms with Crippen LogP contribution in [0.25, 0.3) is 11.1 Å². The van der Waals surface area contributed by atoms with Crippen molar-refractivity contribution >= 4 is 5.97 Å². The van der Waals surface area contributed by atoms with E-state index in [1.807, 2.05) is 18.2 Å². The minimum atomic E-state index is -0.349. The molecule has 3 heteroatoms. The van der Waals surface area contributed by atoms with Gasteiger partial charge in [-0.05, 0) is 48.9 Å². The molecule has 0 aliphatic rings. The van der Waals surface area contributed by atoms with Crippen molar-refractivity contribution < 1.29 is 14.6 Å². The largest absolute Gasteiger partial charge is 0.462 e. The maximum atomic E-state index is 11.4. The van der Waals surface area contributed by atoms with Gasteiger partial charge in [0.1, 0.15) is 0 Å². The molecule has 2 aromatic rings. The molecule has 24 heavy (non-hydrogen) atoms. The highest BCUT2D eigenvalue weighted by atomic mass is 16.5. The molecule has 1 N–H and O–H groups in total. The van der Waals surface area contributed by atoms with Gasteiger partial charge in [0, 0.05) is 5.57 Å². The molecule has 0 atom stereocenters. The lowest BCUT2D eigenvalue weighted by molar-refractivity contribution is -0.139. The summed E-state index contributed by atoms with van der Waals surface area (Å²) in [5.74, 6) is -0.349. The van der Waals surface area contributed by atoms with Crippen molar-refractivity contribution in [3.63, 3.8) is 0 Å². The molecule has 0 spiro atoms. The summed E-state index contributed by atoms with van der Waals surface area (Å²) in [4.78, 5) is 11.4. The molecule has 0 aliphatic carbocycles. The summed E-state index contributed by atoms with van der Waals surface area (Å²) >= 11 is 0. The third kappa shape index (κ3) is 4.80. The van der Waals surface area contributed by atoms with Gasteiger partial charge in [-0.3, -0.25) is 0 Å². The van der Waals surface area contributed by atoms with E-state index in [0.29, 0.717) is 12.2 Å². The van der Waals surface area contributed by atoms with Gasteiger partial charge in [0.15, 0.2) is 0 Å². The molecule has 0 amide bonds. The molecule has 0 saturated carbocycles. The van der Waals surface area contributed by atoms with E-state index in [1.165, 1.54) is 5.56 Å². The molecular formula is C21H24O3. The predicted octanol–water partition coefficient (Wildman–Crippen LogP) is 4.21. The van der Waals surface area contributed by atoms with Crippen LogP contribution < -0.4 is 0 Å². The Balaban J connectivity index is 2.13. The van der Waals surface area contributed by atoms with Gasteiger partial charge in [0.2, 0.25) is 0 Å². The lowest BCUT2D eigenvalue weighted by Crippen LogP contribution is -2.07. The Morgan fingerprint density at radius 2 is 1.88 bits per heavy atom. The first-order chi connectivity index (χ1) is 11.5. The Labute approximate surface area is 143 Å². The molecule has 0 aliphatic heterocycles. The number of carbonyl (C=O) groups excluding carboxylic acids is 1. The number of aliphatic hydroxyl groups excluding tert-OH is 1. The average molecular weight is 324 g/mol. The van der Waals surface area contributed by atoms with Gasteiger partial charge in [-0.15, -0.1) is 0 Å². The van der Waals surface area contributed by atoms with Gasteiger partial charge in [-0.2, -0.15) is 0 Å². The smallest absolute Gasteiger partial charge is 0.333 e. The first kappa shape index (κ1) is 18.0. The van der Waals surface area contributed by atoms with Crippen molar-refractivity contribution in [1.29, 1.82) is 0 Å². The van der Waals surface area contributed by atoms with Crippen LogP contribution in [0.5, 0.6) is 0 Å². The highest BCUT2D eigenvalue weighted by Gasteiger charge is 2.08. The minimum absolute atomic E-state index is 0.0197. The van der Waals surface area contributed by atoms with Crippen molar-refractivity contribution in [2.75, 3.05) is 6.61 Å². The van der Waals surface area contributed by atoms with Crippen LogP contribution in [0.4, 0.5) is 0 Å². The minimum Gasteiger partial charge on any atom is -0.462 e. The zero-order chi connectivity index (χ0) is 17.5. The van der Waals surface area contributed by atoms with Crippen LogP contribution in [-0.2, 0) is 22.6 Å². The Kier molecular flexibility index (Phi) is 6.33. The molecule has 2 rings (SSSR count). The van der Waals surface area contributed by atoms with Crippen LogP contribution in [0.15, 0.2) is 54.6 Å². The Hall–Kier alpha value is -2.39. The maximum Gasteiger partial charge on any atom is 0.333 e. The number of esters is 1. The Bertz CT molecular complexity index is 714. The van der Waals surface area contributed by atoms with Crippen molar-refractivity contribution in [1.82, 2.24) is 0 Å². The van der Waals surface area contributed by atoms with Gasteiger partial charge >= 0.3 is 5.97 Å². The topological polar surface area (TPSA) is 46.5 Å². The highest BCUT2D eigenvalue weighted by molar-refractivity contribution is 5.86. The quantitative estimate of drug-likeness (QED) is 0.471. The SMILES string of the molecule is C=C(C)C(=O)OCCCc1cc(CO)ccc1-c1ccc(C)cc1. The molecule has 0 fully saturated rings. The molecule has 0 bridgehead atoms. The number of aryl methyl sites for hydroxylation is 2. The summed E-state index contributed by atoms with van der Waals surface area (Å²) < 4.78 is 5.16. The van der Waals surface area contributed by atoms with Gasteiger partial charge < -0.3 is 9.84 Å². The van der Waals surface area contributed by atoms with Crippen LogP contribution in [0, 0.1) is 6.92 Å². The van der Waals surface area contributed by atoms with Gasteiger partial charge in [-0.25, -0.2) is 4.79 Å². The summed E-state index contributed by atoms with van der Waals surface area (Å²) in [6.07, 6.45) is 1.51. The molecule has 0 saturated heterocycles. The first-order valence-electron chi connectivity index (χ1n) is 8.13. The second kappa shape index (κ2) is 8.46. The number of aliphatic hydroxyl groups is 1. The standard InChI is InChI=1S/C21H24O3/c1-15(2)21(23)24-12-4-5-19-13-17(14-22)8-11-20(19)18-9-6-16(3)7-10-18/h6-11,13,22H,1,4-5,12,14H2,2-3H3. The Morgan fingerprint density at radius 3 is 2.50 bits per heavy atom. The molecule has 2 aromatic carbocycles. The van der Waals surface area contributed by atoms with Gasteiger partial charge in [-0.1, -0.05) is 54.6 Å². The molecule has 0 unspecified atom stereocenters. The maximum absolute atomic E-state index is 11.4. The number of ether oxygens (including phenoxy) is 1. The number of hydrogen-bond donors (Lipinski definition) is 1. The second-order valence-corrected chi connectivity index (χ2v) is 6.04. The third-order valence-corrected chi connectivity index (χ3v) is 3.89. The predicted molar refractivity (Wildman–Crippen MR) is 96.6 cm³/mol. The average Bonchev–Trinajstić information content (AvgIpc) is 2.59. The van der Waals surface area contributed by atoms with Crippen molar-refractivity contribution in [2.45, 2.75) is 33.3 Å². The van der Waals surface area contributed by atoms with Crippen LogP contribution in [-0.4, -0.2) is 17.7 Å². The van der Waals surface area contributed by atoms with Gasteiger partial charge in [0.25, 0.3) is 0 Å². The zero-order valence-electron chi connectivity index (χ0n) is 14.3. The second-order valence-electron chi connectivity index (χ2n) is 6.04. The molecule has 3 nitrogen and oxygen atoms in total. The van der Waals surface area contributed by atoms with Crippen molar-refractivity contribution in [3.05, 3.63) is 71.3 Å². The summed E-state index contributed by atoms with van der Waals surface area (Å²) in [6.45, 7) is 7.66. The van der Waals surface area contributed by atoms with Crippen molar-refractivity contribution in [2.24, 2.45) is 0 Å². The molecule has 126 valence electrons. The summed E-state index contributed by atoms with van der Waals surface area (Å²) in [6, 6.07) is 14.4. The summed E-state index contributed by atoms with van der Waals surface area (Å²) in [5, 5.41) is 9.39. The van der Waals surface area contributed by atoms with Crippen molar-refractivity contribution in [3.8, 4) is 11.1 Å². The Morgan fingerprint density at radius 1 is 1.17 bits per heavy atom. The van der Waals surface area contributed by atoms with Crippen LogP contribution in [0.3, 0.4) is 0 Å². The zero-order valence-corrected chi connectivity index (χ0v) is 14.3. The van der Waals surface area contributed by atoms with Crippen LogP contribution in [0.2, 0.25) is 0 Å². The monoisotopic (exact) mass is 324 g/mol. The fraction of sp³-hybridized carbons (Fsp3) is 0.286. The molecule has 0 heterocycles. The molecular weight excluding hydrogens is 300 g/mol. The normalized spacial score (nSPS) is 10.5. The lowest BCUT2D eigenvalue weighted by Gasteiger charge is -2.12. The summed E-state index contributed by atoms with van der Waals surface area (Å²) in [5.41, 5.74) is 5.98. The van der Waals surface area contributed by atoms with E-state index in [9.17, 15) is 9.90 Å². The van der Waals surface area contributed by atoms with Crippen LogP contribution in [0.1, 0.15) is 30.0 Å². The third-order valence-electron chi connectivity index (χ3n) is 3.89. The van der Waals surface area contributed by atoms with Gasteiger partial charge in [0.05, 0.1) is 13.2 Å². The number of carbonyl (C=O) groups is 1. The van der Waals surface area contributed by atoms with E-state index in [1.54, 1.807) is 6.92 Å². The lowest BCUT2D eigenvalue weighted by atomic mass is 9.94. The van der Waals surface area contributed by atoms with Crippen LogP contribution >= 0.6 is 0 Å². The highest BCUT2D eigenvalue weighted by Crippen LogP contribution is 2.26. The first-order valence-corrected chi connectivity index (χ1v) is 8.13. The number of hydrogen-bond acceptors (Lipinski definition) is 3. The van der Waals surface area contributed by atoms with E-state index >= 15 is 0 Å². The summed E-state index contributed by atoms with van der Waals surface area (Å²) in [7, 11) is 0. The number of rotatable bonds is 7. The van der Waals surface area contributed by atoms with E-state index in [-0.39, 0.29) is 12.6 Å². The molecule has 0 radical (unpaired) electrons. The van der Waals surface area contributed by atoms with E-state index in [2.05, 4.69) is 37.8 Å². The molecule has 0 aromatic heterocycles. The fourth-order valence-electron chi connectivity index (χ4n) is 2.52. The van der Waals surface area contributed by atoms with E-state index in [0.717, 1.165) is 35.1 Å².